The Hall–Kier alpha value is -2.29. The molecule has 2 fully saturated rings. The molecule has 4 unspecified atom stereocenters. The van der Waals surface area contributed by atoms with E-state index in [0.717, 1.165) is 89.1 Å². The van der Waals surface area contributed by atoms with Crippen LogP contribution < -0.4 is 18.5 Å². The molecule has 47 heavy (non-hydrogen) atoms. The van der Waals surface area contributed by atoms with E-state index in [9.17, 15) is 0 Å². The van der Waals surface area contributed by atoms with E-state index in [1.54, 1.807) is 34.9 Å². The number of thioether (sulfide) groups is 3. The summed E-state index contributed by atoms with van der Waals surface area (Å²) in [6.07, 6.45) is 2.31. The average Bonchev–Trinajstić information content (AvgIpc) is 3.92. The highest BCUT2D eigenvalue weighted by molar-refractivity contribution is 8.13. The zero-order chi connectivity index (χ0) is 31.2. The van der Waals surface area contributed by atoms with Gasteiger partial charge < -0.3 is 42.6 Å². The molecule has 1 aromatic heterocycles. The molecule has 2 saturated heterocycles. The van der Waals surface area contributed by atoms with Gasteiger partial charge in [0.25, 0.3) is 0 Å². The molecular weight excluding hydrogens is 681 g/mol. The highest BCUT2D eigenvalue weighted by Crippen LogP contribution is 2.56. The molecule has 0 aromatic carbocycles. The third kappa shape index (κ3) is 4.59. The zero-order valence-corrected chi connectivity index (χ0v) is 29.4. The molecule has 8 aliphatic heterocycles. The molecule has 0 saturated carbocycles. The van der Waals surface area contributed by atoms with Gasteiger partial charge in [-0.15, -0.1) is 34.9 Å². The van der Waals surface area contributed by atoms with Crippen LogP contribution in [-0.4, -0.2) is 82.2 Å². The van der Waals surface area contributed by atoms with E-state index in [1.165, 1.54) is 16.1 Å². The number of hydrogen-bond donors (Lipinski definition) is 0. The Morgan fingerprint density at radius 1 is 0.532 bits per heavy atom. The Morgan fingerprint density at radius 3 is 1.96 bits per heavy atom. The van der Waals surface area contributed by atoms with Gasteiger partial charge >= 0.3 is 0 Å². The maximum atomic E-state index is 6.49. The molecule has 248 valence electrons. The molecule has 0 bridgehead atoms. The fourth-order valence-corrected chi connectivity index (χ4v) is 13.0. The van der Waals surface area contributed by atoms with Gasteiger partial charge in [0, 0.05) is 37.9 Å². The fraction of sp³-hybridized carbons (Fsp3) is 0.529. The predicted octanol–water partition coefficient (Wildman–Crippen LogP) is 5.03. The van der Waals surface area contributed by atoms with Crippen molar-refractivity contribution in [2.24, 2.45) is 0 Å². The van der Waals surface area contributed by atoms with Gasteiger partial charge in [-0.2, -0.15) is 0 Å². The second-order valence-electron chi connectivity index (χ2n) is 12.4. The number of thiophene rings is 1. The van der Waals surface area contributed by atoms with Crippen molar-refractivity contribution in [2.45, 2.75) is 55.8 Å². The first-order valence-electron chi connectivity index (χ1n) is 16.4. The third-order valence-corrected chi connectivity index (χ3v) is 14.8. The second-order valence-corrected chi connectivity index (χ2v) is 17.2. The zero-order valence-electron chi connectivity index (χ0n) is 26.1. The van der Waals surface area contributed by atoms with Gasteiger partial charge in [0.05, 0.1) is 44.3 Å². The summed E-state index contributed by atoms with van der Waals surface area (Å²) in [5.41, 5.74) is 3.64. The Morgan fingerprint density at radius 2 is 1.15 bits per heavy atom. The van der Waals surface area contributed by atoms with Crippen LogP contribution in [0.5, 0.6) is 11.5 Å². The summed E-state index contributed by atoms with van der Waals surface area (Å²) >= 11 is 7.10. The molecule has 13 heteroatoms. The minimum atomic E-state index is -0.245. The van der Waals surface area contributed by atoms with E-state index in [4.69, 9.17) is 42.6 Å². The Kier molecular flexibility index (Phi) is 7.34. The highest BCUT2D eigenvalue weighted by atomic mass is 32.2. The van der Waals surface area contributed by atoms with Crippen molar-refractivity contribution in [3.63, 3.8) is 0 Å². The third-order valence-electron chi connectivity index (χ3n) is 9.51. The average molecular weight is 715 g/mol. The van der Waals surface area contributed by atoms with Crippen molar-refractivity contribution in [3.05, 3.63) is 63.7 Å². The maximum Gasteiger partial charge on any atom is 0.180 e. The van der Waals surface area contributed by atoms with E-state index in [2.05, 4.69) is 13.8 Å². The topological polar surface area (TPSA) is 83.1 Å². The van der Waals surface area contributed by atoms with Crippen LogP contribution in [0.3, 0.4) is 0 Å². The predicted molar refractivity (Wildman–Crippen MR) is 181 cm³/mol. The smallest absolute Gasteiger partial charge is 0.180 e. The molecule has 0 spiro atoms. The van der Waals surface area contributed by atoms with Gasteiger partial charge in [-0.05, 0) is 26.7 Å². The molecule has 9 nitrogen and oxygen atoms in total. The van der Waals surface area contributed by atoms with Crippen molar-refractivity contribution in [2.75, 3.05) is 59.5 Å². The molecule has 0 radical (unpaired) electrons. The van der Waals surface area contributed by atoms with E-state index >= 15 is 0 Å². The molecule has 9 aliphatic rings. The van der Waals surface area contributed by atoms with Gasteiger partial charge in [0.15, 0.2) is 34.5 Å². The van der Waals surface area contributed by atoms with E-state index < -0.39 is 0 Å². The highest BCUT2D eigenvalue weighted by Gasteiger charge is 2.47. The summed E-state index contributed by atoms with van der Waals surface area (Å²) in [4.78, 5) is 4.61. The molecular formula is C34H34O9S4. The van der Waals surface area contributed by atoms with Gasteiger partial charge in [0.1, 0.15) is 57.6 Å². The van der Waals surface area contributed by atoms with Gasteiger partial charge in [-0.1, -0.05) is 11.8 Å². The first-order valence-corrected chi connectivity index (χ1v) is 19.8. The van der Waals surface area contributed by atoms with Crippen molar-refractivity contribution in [3.8, 4) is 11.5 Å². The molecule has 0 N–H and O–H groups in total. The molecule has 10 rings (SSSR count). The van der Waals surface area contributed by atoms with Crippen LogP contribution in [0.4, 0.5) is 0 Å². The quantitative estimate of drug-likeness (QED) is 0.362. The van der Waals surface area contributed by atoms with Crippen LogP contribution in [0.25, 0.3) is 10.5 Å². The minimum absolute atomic E-state index is 0.188. The van der Waals surface area contributed by atoms with Crippen LogP contribution in [-0.2, 0) is 33.2 Å². The second kappa shape index (κ2) is 11.7. The lowest BCUT2D eigenvalue weighted by Gasteiger charge is -2.27. The first-order chi connectivity index (χ1) is 23.2. The van der Waals surface area contributed by atoms with E-state index in [0.29, 0.717) is 64.5 Å². The monoisotopic (exact) mass is 714 g/mol. The number of allylic oxidation sites excluding steroid dienone is 3. The number of hydrogen-bond acceptors (Lipinski definition) is 13. The first kappa shape index (κ1) is 29.6. The van der Waals surface area contributed by atoms with Gasteiger partial charge in [-0.3, -0.25) is 0 Å². The van der Waals surface area contributed by atoms with Crippen molar-refractivity contribution in [1.29, 1.82) is 0 Å². The molecule has 9 heterocycles. The summed E-state index contributed by atoms with van der Waals surface area (Å²) < 4.78 is 59.1. The standard InChI is InChI=1S/C34H34O9S4/c1-15-20-17(4-3-5-35-20)29(44-15)18-14-19(23-22(18)37-7-8-38-23)30-25-26(41-11-10-40-25)33(46-30)34-28-27(42-12-13-43-28)32(47-34)31-24-21(16(2)45-31)36-6-9-39-24/h15-16,27-28H,3-14H2,1-2H3/b29-18-,30-19-,32-31+,34-33+. The fourth-order valence-electron chi connectivity index (χ4n) is 7.57. The number of fused-ring (bicyclic) bond motifs is 2. The van der Waals surface area contributed by atoms with Gasteiger partial charge in [0.2, 0.25) is 0 Å². The Bertz CT molecular complexity index is 1870. The Labute approximate surface area is 289 Å². The minimum Gasteiger partial charge on any atom is -0.496 e. The van der Waals surface area contributed by atoms with Gasteiger partial charge in [-0.25, -0.2) is 0 Å². The summed E-state index contributed by atoms with van der Waals surface area (Å²) in [6.45, 7) is 9.45. The van der Waals surface area contributed by atoms with Crippen LogP contribution in [0.1, 0.15) is 33.1 Å². The summed E-state index contributed by atoms with van der Waals surface area (Å²) in [5, 5.41) is 0.486. The molecule has 0 amide bonds. The number of ether oxygens (including phenoxy) is 9. The lowest BCUT2D eigenvalue weighted by Crippen LogP contribution is -2.37. The summed E-state index contributed by atoms with van der Waals surface area (Å²) in [6, 6.07) is 0. The summed E-state index contributed by atoms with van der Waals surface area (Å²) in [7, 11) is 0. The normalized spacial score (nSPS) is 36.6. The SMILES string of the molecule is CC1S/C(=C2/C/C(=c3/s/c(=C4/S/C(=C5/SC(C)C6=C5OCCO6)C5OCCOC45)c4c3OCCO4)C3=C2OCCO3)C2=C1OCCC2. The van der Waals surface area contributed by atoms with E-state index in [-0.39, 0.29) is 17.5 Å². The largest absolute Gasteiger partial charge is 0.496 e. The Balaban J connectivity index is 1.16. The van der Waals surface area contributed by atoms with Crippen LogP contribution >= 0.6 is 46.6 Å². The van der Waals surface area contributed by atoms with E-state index in [1.807, 2.05) is 11.8 Å². The maximum absolute atomic E-state index is 6.49. The van der Waals surface area contributed by atoms with Crippen LogP contribution in [0.2, 0.25) is 0 Å². The van der Waals surface area contributed by atoms with Crippen LogP contribution in [0, 0.1) is 0 Å². The lowest BCUT2D eigenvalue weighted by atomic mass is 10.0. The van der Waals surface area contributed by atoms with Crippen LogP contribution in [0.15, 0.2) is 54.7 Å². The number of rotatable bonds is 0. The lowest BCUT2D eigenvalue weighted by molar-refractivity contribution is -0.0949. The van der Waals surface area contributed by atoms with Crippen molar-refractivity contribution in [1.82, 2.24) is 0 Å². The molecule has 4 atom stereocenters. The molecule has 1 aromatic rings. The van der Waals surface area contributed by atoms with Crippen molar-refractivity contribution >= 4 is 57.1 Å². The summed E-state index contributed by atoms with van der Waals surface area (Å²) in [5.74, 6) is 6.18. The van der Waals surface area contributed by atoms with Crippen molar-refractivity contribution < 1.29 is 42.6 Å². The molecule has 1 aliphatic carbocycles.